The van der Waals surface area contributed by atoms with Crippen molar-refractivity contribution in [2.45, 2.75) is 75.4 Å². The van der Waals surface area contributed by atoms with Gasteiger partial charge in [0, 0.05) is 36.6 Å². The number of aryl methyl sites for hydroxylation is 1. The van der Waals surface area contributed by atoms with Crippen molar-refractivity contribution in [3.63, 3.8) is 0 Å². The number of imidazole rings is 1. The van der Waals surface area contributed by atoms with Crippen molar-refractivity contribution in [2.24, 2.45) is 0 Å². The number of rotatable bonds is 6. The Morgan fingerprint density at radius 2 is 1.69 bits per heavy atom. The summed E-state index contributed by atoms with van der Waals surface area (Å²) in [4.78, 5) is 22.6. The third-order valence-electron chi connectivity index (χ3n) is 9.82. The van der Waals surface area contributed by atoms with E-state index < -0.39 is 0 Å². The molecule has 0 saturated carbocycles. The van der Waals surface area contributed by atoms with Crippen LogP contribution in [0.5, 0.6) is 0 Å². The molecule has 0 spiro atoms. The van der Waals surface area contributed by atoms with Crippen LogP contribution in [-0.4, -0.2) is 66.6 Å². The van der Waals surface area contributed by atoms with Gasteiger partial charge in [0.25, 0.3) is 5.91 Å². The van der Waals surface area contributed by atoms with Crippen LogP contribution in [0.15, 0.2) is 60.0 Å². The fraction of sp³-hybridized carbons (Fsp3) is 0.484. The number of piperidine rings is 2. The van der Waals surface area contributed by atoms with Crippen LogP contribution in [-0.2, 0) is 5.41 Å². The van der Waals surface area contributed by atoms with E-state index in [-0.39, 0.29) is 11.3 Å². The Balaban J connectivity index is 1.07. The molecule has 7 nitrogen and oxygen atoms in total. The van der Waals surface area contributed by atoms with Crippen LogP contribution in [0.25, 0.3) is 11.0 Å². The van der Waals surface area contributed by atoms with Gasteiger partial charge >= 0.3 is 0 Å². The van der Waals surface area contributed by atoms with E-state index in [0.29, 0.717) is 23.8 Å². The minimum atomic E-state index is 0.0212. The van der Waals surface area contributed by atoms with Gasteiger partial charge in [0.1, 0.15) is 5.82 Å². The molecular formula is C31H36N6OS. The number of carbonyl (C=O) groups excluding carboxylic acids is 1. The average molecular weight is 541 g/mol. The second-order valence-corrected chi connectivity index (χ2v) is 12.4. The van der Waals surface area contributed by atoms with E-state index in [1.54, 1.807) is 5.38 Å². The number of hydrogen-bond acceptors (Lipinski definition) is 6. The first-order chi connectivity index (χ1) is 19.1. The first-order valence-electron chi connectivity index (χ1n) is 14.4. The monoisotopic (exact) mass is 540 g/mol. The standard InChI is InChI=1S/C31H36N6OS/c1-22-32-27-9-5-6-10-29(27)37(22)26-19-24-11-12-25(20-26)36(24)18-15-31(23-7-3-2-4-8-23)13-16-35(17-14-31)30(38)28-21-39-34-33-28/h2-10,21,24-26H,11-20H2,1H3/t24-,25+,26+. The predicted octanol–water partition coefficient (Wildman–Crippen LogP) is 5.63. The van der Waals surface area contributed by atoms with Crippen LogP contribution in [0.2, 0.25) is 0 Å². The lowest BCUT2D eigenvalue weighted by atomic mass is 9.70. The molecule has 0 N–H and O–H groups in total. The van der Waals surface area contributed by atoms with E-state index in [9.17, 15) is 4.79 Å². The number of carbonyl (C=O) groups is 1. The molecule has 2 aromatic carbocycles. The number of amides is 1. The van der Waals surface area contributed by atoms with Crippen molar-refractivity contribution in [3.8, 4) is 0 Å². The molecule has 3 atom stereocenters. The molecule has 1 amide bonds. The molecule has 8 heteroatoms. The highest BCUT2D eigenvalue weighted by molar-refractivity contribution is 7.03. The maximum absolute atomic E-state index is 13.0. The zero-order valence-corrected chi connectivity index (χ0v) is 23.4. The van der Waals surface area contributed by atoms with Crippen LogP contribution in [0, 0.1) is 6.92 Å². The van der Waals surface area contributed by atoms with Crippen molar-refractivity contribution >= 4 is 28.5 Å². The van der Waals surface area contributed by atoms with Crippen molar-refractivity contribution in [1.29, 1.82) is 0 Å². The molecule has 0 aliphatic carbocycles. The number of fused-ring (bicyclic) bond motifs is 3. The maximum atomic E-state index is 13.0. The lowest BCUT2D eigenvalue weighted by Crippen LogP contribution is -2.49. The summed E-state index contributed by atoms with van der Waals surface area (Å²) >= 11 is 1.24. The molecule has 39 heavy (non-hydrogen) atoms. The zero-order valence-electron chi connectivity index (χ0n) is 22.6. The molecule has 5 heterocycles. The lowest BCUT2D eigenvalue weighted by Gasteiger charge is -2.45. The van der Waals surface area contributed by atoms with Crippen molar-refractivity contribution in [3.05, 3.63) is 77.1 Å². The summed E-state index contributed by atoms with van der Waals surface area (Å²) in [6.07, 6.45) is 8.14. The van der Waals surface area contributed by atoms with Crippen molar-refractivity contribution in [1.82, 2.24) is 28.9 Å². The number of nitrogens with zero attached hydrogens (tertiary/aromatic N) is 6. The molecule has 202 valence electrons. The molecule has 2 aromatic heterocycles. The predicted molar refractivity (Wildman–Crippen MR) is 154 cm³/mol. The molecule has 0 radical (unpaired) electrons. The van der Waals surface area contributed by atoms with Gasteiger partial charge in [-0.15, -0.1) is 5.10 Å². The molecule has 3 saturated heterocycles. The van der Waals surface area contributed by atoms with E-state index in [0.717, 1.165) is 50.2 Å². The average Bonchev–Trinajstić information content (AvgIpc) is 3.68. The summed E-state index contributed by atoms with van der Waals surface area (Å²) < 4.78 is 6.41. The third-order valence-corrected chi connectivity index (χ3v) is 10.3. The van der Waals surface area contributed by atoms with Gasteiger partial charge in [-0.2, -0.15) is 0 Å². The fourth-order valence-electron chi connectivity index (χ4n) is 7.82. The topological polar surface area (TPSA) is 67.2 Å². The van der Waals surface area contributed by atoms with Gasteiger partial charge in [-0.3, -0.25) is 9.69 Å². The van der Waals surface area contributed by atoms with Gasteiger partial charge in [-0.05, 0) is 93.1 Å². The lowest BCUT2D eigenvalue weighted by molar-refractivity contribution is 0.0602. The number of hydrogen-bond donors (Lipinski definition) is 0. The van der Waals surface area contributed by atoms with Crippen LogP contribution < -0.4 is 0 Å². The fourth-order valence-corrected chi connectivity index (χ4v) is 8.25. The first-order valence-corrected chi connectivity index (χ1v) is 15.3. The highest BCUT2D eigenvalue weighted by atomic mass is 32.1. The van der Waals surface area contributed by atoms with E-state index in [1.807, 2.05) is 4.90 Å². The second-order valence-electron chi connectivity index (χ2n) is 11.7. The van der Waals surface area contributed by atoms with Crippen LogP contribution >= 0.6 is 11.5 Å². The molecule has 0 unspecified atom stereocenters. The smallest absolute Gasteiger partial charge is 0.275 e. The van der Waals surface area contributed by atoms with Gasteiger partial charge in [0.2, 0.25) is 0 Å². The SMILES string of the molecule is Cc1nc2ccccc2n1[C@H]1C[C@H]2CC[C@@H](C1)N2CCC1(c2ccccc2)CCN(C(=O)c2csnn2)CC1. The number of aromatic nitrogens is 4. The summed E-state index contributed by atoms with van der Waals surface area (Å²) in [5, 5.41) is 5.78. The van der Waals surface area contributed by atoms with Gasteiger partial charge in [-0.1, -0.05) is 47.0 Å². The van der Waals surface area contributed by atoms with Crippen LogP contribution in [0.3, 0.4) is 0 Å². The van der Waals surface area contributed by atoms with Crippen LogP contribution in [0.1, 0.15) is 72.9 Å². The van der Waals surface area contributed by atoms with E-state index in [1.165, 1.54) is 48.3 Å². The zero-order chi connectivity index (χ0) is 26.4. The number of likely N-dealkylation sites (tertiary alicyclic amines) is 1. The number of para-hydroxylation sites is 2. The highest BCUT2D eigenvalue weighted by Crippen LogP contribution is 2.45. The first kappa shape index (κ1) is 24.9. The molecule has 3 aliphatic heterocycles. The normalized spacial score (nSPS) is 24.8. The van der Waals surface area contributed by atoms with E-state index in [4.69, 9.17) is 4.98 Å². The van der Waals surface area contributed by atoms with Crippen molar-refractivity contribution in [2.75, 3.05) is 19.6 Å². The summed E-state index contributed by atoms with van der Waals surface area (Å²) in [5.41, 5.74) is 4.41. The summed E-state index contributed by atoms with van der Waals surface area (Å²) in [7, 11) is 0. The molecular weight excluding hydrogens is 504 g/mol. The Morgan fingerprint density at radius 3 is 2.41 bits per heavy atom. The van der Waals surface area contributed by atoms with E-state index >= 15 is 0 Å². The third kappa shape index (κ3) is 4.47. The molecule has 4 aromatic rings. The largest absolute Gasteiger partial charge is 0.337 e. The summed E-state index contributed by atoms with van der Waals surface area (Å²) in [6, 6.07) is 21.5. The molecule has 3 fully saturated rings. The van der Waals surface area contributed by atoms with E-state index in [2.05, 4.69) is 80.6 Å². The van der Waals surface area contributed by atoms with Crippen molar-refractivity contribution < 1.29 is 4.79 Å². The Bertz CT molecular complexity index is 1430. The summed E-state index contributed by atoms with van der Waals surface area (Å²) in [6.45, 7) is 4.84. The van der Waals surface area contributed by atoms with Gasteiger partial charge in [-0.25, -0.2) is 4.98 Å². The maximum Gasteiger partial charge on any atom is 0.275 e. The molecule has 3 aliphatic rings. The Kier molecular flexibility index (Phi) is 6.47. The molecule has 2 bridgehead atoms. The Labute approximate surface area is 234 Å². The minimum absolute atomic E-state index is 0.0212. The molecule has 7 rings (SSSR count). The Morgan fingerprint density at radius 1 is 0.974 bits per heavy atom. The van der Waals surface area contributed by atoms with Gasteiger partial charge < -0.3 is 9.47 Å². The second kappa shape index (κ2) is 10.1. The quantitative estimate of drug-likeness (QED) is 0.317. The summed E-state index contributed by atoms with van der Waals surface area (Å²) in [5.74, 6) is 1.17. The highest BCUT2D eigenvalue weighted by Gasteiger charge is 2.44. The van der Waals surface area contributed by atoms with Gasteiger partial charge in [0.05, 0.1) is 11.0 Å². The minimum Gasteiger partial charge on any atom is -0.337 e. The van der Waals surface area contributed by atoms with Gasteiger partial charge in [0.15, 0.2) is 5.69 Å². The Hall–Kier alpha value is -3.10. The number of benzene rings is 2. The van der Waals surface area contributed by atoms with Crippen LogP contribution in [0.4, 0.5) is 0 Å².